The van der Waals surface area contributed by atoms with Crippen LogP contribution in [0.25, 0.3) is 0 Å². The van der Waals surface area contributed by atoms with Crippen LogP contribution >= 0.6 is 0 Å². The van der Waals surface area contributed by atoms with Crippen molar-refractivity contribution in [3.8, 4) is 0 Å². The Bertz CT molecular complexity index is 207. The summed E-state index contributed by atoms with van der Waals surface area (Å²) in [5, 5.41) is 0. The van der Waals surface area contributed by atoms with Crippen LogP contribution in [0.2, 0.25) is 0 Å². The number of hydrogen-bond acceptors (Lipinski definition) is 2. The Kier molecular flexibility index (Phi) is 4.91. The molecule has 0 radical (unpaired) electrons. The third-order valence-corrected chi connectivity index (χ3v) is 1.29. The third kappa shape index (κ3) is 2.80. The molecule has 1 aromatic carbocycles. The fourth-order valence-electron chi connectivity index (χ4n) is 0.546. The maximum absolute atomic E-state index is 10.1. The molecule has 46 valence electrons. The Labute approximate surface area is 87.5 Å². The van der Waals surface area contributed by atoms with Crippen molar-refractivity contribution < 1.29 is 34.4 Å². The molecule has 0 fully saturated rings. The van der Waals surface area contributed by atoms with Crippen molar-refractivity contribution in [1.82, 2.24) is 0 Å². The second-order valence-electron chi connectivity index (χ2n) is 1.69. The molecule has 0 aliphatic rings. The molecule has 1 aromatic rings. The van der Waals surface area contributed by atoms with Gasteiger partial charge in [-0.2, -0.15) is 4.90 Å². The summed E-state index contributed by atoms with van der Waals surface area (Å²) in [6, 6.07) is 6.88. The van der Waals surface area contributed by atoms with E-state index in [9.17, 15) is 4.79 Å². The minimum Gasteiger partial charge on any atom is -0.780 e. The number of hydrogen-bond donors (Lipinski definition) is 0. The molecule has 0 aliphatic heterocycles. The topological polar surface area (TPSA) is 17.1 Å². The fourth-order valence-corrected chi connectivity index (χ4v) is 0.682. The minimum atomic E-state index is 0. The Morgan fingerprint density at radius 1 is 1.20 bits per heavy atom. The summed E-state index contributed by atoms with van der Waals surface area (Å²) in [6.45, 7) is 0. The van der Waals surface area contributed by atoms with Crippen LogP contribution in [0.4, 0.5) is 0 Å². The van der Waals surface area contributed by atoms with Crippen LogP contribution in [0.3, 0.4) is 0 Å². The second-order valence-corrected chi connectivity index (χ2v) is 2.16. The van der Waals surface area contributed by atoms with Crippen molar-refractivity contribution in [3.63, 3.8) is 0 Å². The van der Waals surface area contributed by atoms with Gasteiger partial charge in [0.25, 0.3) is 0 Å². The predicted octanol–water partition coefficient (Wildman–Crippen LogP) is -1.59. The van der Waals surface area contributed by atoms with Crippen molar-refractivity contribution in [3.05, 3.63) is 29.8 Å². The van der Waals surface area contributed by atoms with E-state index in [4.69, 9.17) is 12.6 Å². The van der Waals surface area contributed by atoms with Crippen molar-refractivity contribution in [2.45, 2.75) is 4.90 Å². The number of benzene rings is 1. The minimum absolute atomic E-state index is 0. The molecule has 0 atom stereocenters. The normalized spacial score (nSPS) is 8.00. The van der Waals surface area contributed by atoms with Crippen LogP contribution in [0.15, 0.2) is 29.2 Å². The van der Waals surface area contributed by atoms with Gasteiger partial charge >= 0.3 is 29.6 Å². The zero-order valence-electron chi connectivity index (χ0n) is 5.70. The maximum Gasteiger partial charge on any atom is 1.00 e. The first-order valence-corrected chi connectivity index (χ1v) is 2.96. The van der Waals surface area contributed by atoms with Crippen LogP contribution < -0.4 is 29.6 Å². The van der Waals surface area contributed by atoms with Crippen LogP contribution in [0.5, 0.6) is 0 Å². The average Bonchev–Trinajstić information content (AvgIpc) is 1.90. The van der Waals surface area contributed by atoms with Crippen molar-refractivity contribution >= 4 is 18.9 Å². The largest absolute Gasteiger partial charge is 1.00 e. The van der Waals surface area contributed by atoms with Gasteiger partial charge in [-0.3, -0.25) is 4.79 Å². The number of aldehydes is 1. The van der Waals surface area contributed by atoms with E-state index in [2.05, 4.69) is 0 Å². The molecule has 0 N–H and O–H groups in total. The molecule has 1 nitrogen and oxygen atoms in total. The van der Waals surface area contributed by atoms with E-state index >= 15 is 0 Å². The van der Waals surface area contributed by atoms with E-state index in [1.807, 2.05) is 0 Å². The summed E-state index contributed by atoms with van der Waals surface area (Å²) >= 11 is 4.80. The van der Waals surface area contributed by atoms with Crippen molar-refractivity contribution in [1.29, 1.82) is 0 Å². The Morgan fingerprint density at radius 3 is 2.10 bits per heavy atom. The maximum atomic E-state index is 10.1. The summed E-state index contributed by atoms with van der Waals surface area (Å²) in [7, 11) is 0. The van der Waals surface area contributed by atoms with Crippen LogP contribution in [0.1, 0.15) is 10.4 Å². The Morgan fingerprint density at radius 2 is 1.70 bits per heavy atom. The average molecular weight is 160 g/mol. The first-order valence-electron chi connectivity index (χ1n) is 2.55. The summed E-state index contributed by atoms with van der Waals surface area (Å²) < 4.78 is 0. The van der Waals surface area contributed by atoms with E-state index < -0.39 is 0 Å². The molecular formula is C7H5NaOS. The van der Waals surface area contributed by atoms with Gasteiger partial charge in [-0.1, -0.05) is 24.3 Å². The van der Waals surface area contributed by atoms with Crippen LogP contribution in [-0.4, -0.2) is 6.29 Å². The first-order chi connectivity index (χ1) is 4.33. The molecule has 1 rings (SSSR count). The molecule has 0 saturated carbocycles. The van der Waals surface area contributed by atoms with E-state index in [-0.39, 0.29) is 29.6 Å². The second kappa shape index (κ2) is 4.85. The third-order valence-electron chi connectivity index (χ3n) is 1.02. The molecule has 0 unspecified atom stereocenters. The SMILES string of the molecule is O=Cc1ccc([S-])cc1.[Na+]. The summed E-state index contributed by atoms with van der Waals surface area (Å²) in [4.78, 5) is 10.8. The zero-order valence-corrected chi connectivity index (χ0v) is 8.52. The molecule has 0 aromatic heterocycles. The van der Waals surface area contributed by atoms with E-state index in [0.717, 1.165) is 11.2 Å². The van der Waals surface area contributed by atoms with E-state index in [1.165, 1.54) is 0 Å². The molecule has 0 bridgehead atoms. The van der Waals surface area contributed by atoms with Gasteiger partial charge in [-0.15, -0.1) is 0 Å². The van der Waals surface area contributed by atoms with E-state index in [0.29, 0.717) is 5.56 Å². The molecule has 0 amide bonds. The van der Waals surface area contributed by atoms with Crippen LogP contribution in [-0.2, 0) is 12.6 Å². The molecule has 3 heteroatoms. The van der Waals surface area contributed by atoms with Gasteiger partial charge in [0, 0.05) is 5.56 Å². The van der Waals surface area contributed by atoms with Gasteiger partial charge < -0.3 is 12.6 Å². The molecule has 0 saturated heterocycles. The molecule has 0 aliphatic carbocycles. The molecular weight excluding hydrogens is 155 g/mol. The van der Waals surface area contributed by atoms with Crippen LogP contribution in [0, 0.1) is 0 Å². The number of rotatable bonds is 1. The van der Waals surface area contributed by atoms with Gasteiger partial charge in [-0.05, 0) is 0 Å². The number of carbonyl (C=O) groups excluding carboxylic acids is 1. The standard InChI is InChI=1S/C7H6OS.Na/c8-5-6-1-3-7(9)4-2-6;/h1-5,9H;/q;+1/p-1. The Balaban J connectivity index is 0.000000810. The van der Waals surface area contributed by atoms with E-state index in [1.54, 1.807) is 24.3 Å². The first kappa shape index (κ1) is 10.1. The summed E-state index contributed by atoms with van der Waals surface area (Å²) in [5.74, 6) is 0. The van der Waals surface area contributed by atoms with Gasteiger partial charge in [0.2, 0.25) is 0 Å². The van der Waals surface area contributed by atoms with Gasteiger partial charge in [0.05, 0.1) is 0 Å². The Hall–Kier alpha value is 0.110. The monoisotopic (exact) mass is 160 g/mol. The summed E-state index contributed by atoms with van der Waals surface area (Å²) in [6.07, 6.45) is 0.800. The smallest absolute Gasteiger partial charge is 0.780 e. The molecule has 0 heterocycles. The van der Waals surface area contributed by atoms with Gasteiger partial charge in [-0.25, -0.2) is 0 Å². The van der Waals surface area contributed by atoms with Gasteiger partial charge in [0.1, 0.15) is 6.29 Å². The van der Waals surface area contributed by atoms with Crippen molar-refractivity contribution in [2.75, 3.05) is 0 Å². The molecule has 10 heavy (non-hydrogen) atoms. The van der Waals surface area contributed by atoms with Crippen molar-refractivity contribution in [2.24, 2.45) is 0 Å². The van der Waals surface area contributed by atoms with Gasteiger partial charge in [0.15, 0.2) is 0 Å². The number of carbonyl (C=O) groups is 1. The predicted molar refractivity (Wildman–Crippen MR) is 37.5 cm³/mol. The quantitative estimate of drug-likeness (QED) is 0.280. The molecule has 0 spiro atoms. The fraction of sp³-hybridized carbons (Fsp3) is 0. The zero-order chi connectivity index (χ0) is 6.69. The summed E-state index contributed by atoms with van der Waals surface area (Å²) in [5.41, 5.74) is 0.670.